The van der Waals surface area contributed by atoms with Gasteiger partial charge in [-0.15, -0.1) is 0 Å². The van der Waals surface area contributed by atoms with Crippen molar-refractivity contribution >= 4 is 17.8 Å². The number of carbonyl (C=O) groups excluding carboxylic acids is 3. The number of aryl methyl sites for hydroxylation is 1. The lowest BCUT2D eigenvalue weighted by molar-refractivity contribution is -0.715. The highest BCUT2D eigenvalue weighted by Gasteiger charge is 2.35. The van der Waals surface area contributed by atoms with Crippen LogP contribution in [0.5, 0.6) is 11.5 Å². The van der Waals surface area contributed by atoms with Gasteiger partial charge in [-0.25, -0.2) is 23.5 Å². The van der Waals surface area contributed by atoms with Gasteiger partial charge in [0.05, 0.1) is 37.0 Å². The highest BCUT2D eigenvalue weighted by atomic mass is 127. The molecule has 0 saturated heterocycles. The van der Waals surface area contributed by atoms with E-state index < -0.39 is 0 Å². The number of nitrogens with zero attached hydrogens (tertiary/aromatic N) is 5. The monoisotopic (exact) mass is 825 g/mol. The molecule has 0 aliphatic rings. The zero-order valence-corrected chi connectivity index (χ0v) is 28.9. The predicted octanol–water partition coefficient (Wildman–Crippen LogP) is -2.54. The van der Waals surface area contributed by atoms with Crippen LogP contribution in [-0.4, -0.2) is 46.7 Å². The Morgan fingerprint density at radius 1 is 0.773 bits per heavy atom. The maximum atomic E-state index is 12.6. The Hall–Kier alpha value is -3.78. The van der Waals surface area contributed by atoms with Crippen LogP contribution in [-0.2, 0) is 17.8 Å². The van der Waals surface area contributed by atoms with Crippen LogP contribution in [0.1, 0.15) is 52.7 Å². The third-order valence-electron chi connectivity index (χ3n) is 6.43. The molecule has 11 nitrogen and oxygen atoms in total. The maximum Gasteiger partial charge on any atom is 0.381 e. The Kier molecular flexibility index (Phi) is 14.5. The lowest BCUT2D eigenvalue weighted by Gasteiger charge is -2.08. The first-order valence-electron chi connectivity index (χ1n) is 13.6. The van der Waals surface area contributed by atoms with Crippen molar-refractivity contribution in [3.63, 3.8) is 0 Å². The molecule has 0 N–H and O–H groups in total. The van der Waals surface area contributed by atoms with Gasteiger partial charge in [-0.1, -0.05) is 0 Å². The molecule has 4 rings (SSSR count). The van der Waals surface area contributed by atoms with Gasteiger partial charge in [-0.3, -0.25) is 0 Å². The summed E-state index contributed by atoms with van der Waals surface area (Å²) in [6.45, 7) is 6.62. The summed E-state index contributed by atoms with van der Waals surface area (Å²) in [6.07, 6.45) is 7.55. The fourth-order valence-corrected chi connectivity index (χ4v) is 4.41. The minimum atomic E-state index is -0.378. The van der Waals surface area contributed by atoms with Crippen LogP contribution >= 0.6 is 0 Å². The standard InChI is InChI=1S/C31H33N5O6.2HI/c1-4-40-31(39)26-8-12-28(13-9-26)41-20-5-14-33-15-17-35(23(2)37)29(33)30-34(16-18-36(30)24(3)38)19-21-42-27-10-6-25(22-32)7-11-27;;/h6-13,15-18H,4-5,14,19-21H2,1-3H3;2*1H/q+2;;/p-2. The fraction of sp³-hybridized carbons (Fsp3) is 0.290. The summed E-state index contributed by atoms with van der Waals surface area (Å²) in [7, 11) is 0. The first-order chi connectivity index (χ1) is 20.3. The molecule has 0 amide bonds. The van der Waals surface area contributed by atoms with E-state index >= 15 is 0 Å². The minimum absolute atomic E-state index is 0. The van der Waals surface area contributed by atoms with Crippen LogP contribution in [0.2, 0.25) is 0 Å². The van der Waals surface area contributed by atoms with E-state index in [0.29, 0.717) is 73.6 Å². The van der Waals surface area contributed by atoms with Crippen LogP contribution < -0.4 is 66.6 Å². The number of hydrogen-bond donors (Lipinski definition) is 0. The average molecular weight is 825 g/mol. The third-order valence-corrected chi connectivity index (χ3v) is 6.43. The topological polar surface area (TPSA) is 120 Å². The van der Waals surface area contributed by atoms with Gasteiger partial charge >= 0.3 is 29.4 Å². The van der Waals surface area contributed by atoms with Crippen molar-refractivity contribution in [1.29, 1.82) is 5.26 Å². The average Bonchev–Trinajstić information content (AvgIpc) is 3.60. The molecule has 0 fully saturated rings. The minimum Gasteiger partial charge on any atom is -1.00 e. The highest BCUT2D eigenvalue weighted by Crippen LogP contribution is 2.16. The highest BCUT2D eigenvalue weighted by molar-refractivity contribution is 5.89. The van der Waals surface area contributed by atoms with Gasteiger partial charge in [0.25, 0.3) is 0 Å². The number of aromatic nitrogens is 4. The molecule has 2 aromatic carbocycles. The Balaban J connectivity index is 0.00000337. The number of carbonyl (C=O) groups is 3. The second kappa shape index (κ2) is 17.5. The Morgan fingerprint density at radius 3 is 1.77 bits per heavy atom. The molecule has 0 atom stereocenters. The zero-order chi connectivity index (χ0) is 30.1. The van der Waals surface area contributed by atoms with E-state index in [4.69, 9.17) is 19.5 Å². The Labute approximate surface area is 290 Å². The maximum absolute atomic E-state index is 12.6. The largest absolute Gasteiger partial charge is 1.00 e. The molecular weight excluding hydrogens is 792 g/mol. The summed E-state index contributed by atoms with van der Waals surface area (Å²) < 4.78 is 23.6. The van der Waals surface area contributed by atoms with Gasteiger partial charge < -0.3 is 62.2 Å². The number of benzene rings is 2. The van der Waals surface area contributed by atoms with Gasteiger partial charge in [0.2, 0.25) is 0 Å². The van der Waals surface area contributed by atoms with E-state index in [9.17, 15) is 14.4 Å². The first-order valence-corrected chi connectivity index (χ1v) is 13.6. The van der Waals surface area contributed by atoms with Gasteiger partial charge in [0.15, 0.2) is 0 Å². The van der Waals surface area contributed by atoms with E-state index in [0.717, 1.165) is 0 Å². The SMILES string of the molecule is CCOC(=O)c1ccc(OCCC[n+]2ccn(C(C)=O)c2-c2n(C(C)=O)cc[n+]2CCOc2ccc(C#N)cc2)cc1.[I-].[I-]. The molecule has 0 bridgehead atoms. The van der Waals surface area contributed by atoms with Crippen LogP contribution in [0, 0.1) is 11.3 Å². The van der Waals surface area contributed by atoms with Crippen LogP contribution in [0.25, 0.3) is 11.6 Å². The summed E-state index contributed by atoms with van der Waals surface area (Å²) in [5, 5.41) is 8.99. The molecule has 0 aliphatic carbocycles. The van der Waals surface area contributed by atoms with Gasteiger partial charge in [0, 0.05) is 20.3 Å². The predicted molar refractivity (Wildman–Crippen MR) is 150 cm³/mol. The summed E-state index contributed by atoms with van der Waals surface area (Å²) in [6, 6.07) is 15.7. The summed E-state index contributed by atoms with van der Waals surface area (Å²) >= 11 is 0. The number of halogens is 2. The van der Waals surface area contributed by atoms with Gasteiger partial charge in [-0.05, 0) is 55.5 Å². The summed E-state index contributed by atoms with van der Waals surface area (Å²) in [5.41, 5.74) is 1.00. The molecule has 4 aromatic rings. The zero-order valence-electron chi connectivity index (χ0n) is 24.6. The van der Waals surface area contributed by atoms with E-state index in [-0.39, 0.29) is 65.7 Å². The second-order valence-electron chi connectivity index (χ2n) is 9.34. The molecule has 0 radical (unpaired) electrons. The normalized spacial score (nSPS) is 10.1. The number of nitriles is 1. The lowest BCUT2D eigenvalue weighted by atomic mass is 10.2. The molecule has 0 saturated carbocycles. The molecule has 0 unspecified atom stereocenters. The Bertz CT molecular complexity index is 1610. The fourth-order valence-electron chi connectivity index (χ4n) is 4.41. The molecule has 13 heteroatoms. The smallest absolute Gasteiger partial charge is 0.381 e. The van der Waals surface area contributed by atoms with E-state index in [1.165, 1.54) is 23.0 Å². The number of hydrogen-bond acceptors (Lipinski definition) is 7. The van der Waals surface area contributed by atoms with Crippen molar-refractivity contribution in [3.05, 3.63) is 84.4 Å². The summed E-state index contributed by atoms with van der Waals surface area (Å²) in [5.74, 6) is 1.57. The van der Waals surface area contributed by atoms with Crippen molar-refractivity contribution < 1.29 is 85.7 Å². The van der Waals surface area contributed by atoms with E-state index in [1.54, 1.807) is 80.2 Å². The molecule has 0 aliphatic heterocycles. The van der Waals surface area contributed by atoms with E-state index in [2.05, 4.69) is 6.07 Å². The van der Waals surface area contributed by atoms with E-state index in [1.807, 2.05) is 9.13 Å². The number of rotatable bonds is 12. The Morgan fingerprint density at radius 2 is 1.27 bits per heavy atom. The van der Waals surface area contributed by atoms with Gasteiger partial charge in [-0.2, -0.15) is 14.4 Å². The number of ether oxygens (including phenoxy) is 3. The van der Waals surface area contributed by atoms with Crippen LogP contribution in [0.15, 0.2) is 73.3 Å². The van der Waals surface area contributed by atoms with Crippen molar-refractivity contribution in [1.82, 2.24) is 9.13 Å². The first kappa shape index (κ1) is 36.4. The molecule has 2 heterocycles. The lowest BCUT2D eigenvalue weighted by Crippen LogP contribution is -3.00. The number of esters is 1. The van der Waals surface area contributed by atoms with Crippen LogP contribution in [0.4, 0.5) is 0 Å². The van der Waals surface area contributed by atoms with Crippen LogP contribution in [0.3, 0.4) is 0 Å². The third kappa shape index (κ3) is 9.11. The molecule has 2 aromatic heterocycles. The van der Waals surface area contributed by atoms with Crippen molar-refractivity contribution in [2.45, 2.75) is 40.3 Å². The van der Waals surface area contributed by atoms with Crippen molar-refractivity contribution in [3.8, 4) is 29.2 Å². The van der Waals surface area contributed by atoms with Crippen molar-refractivity contribution in [2.75, 3.05) is 19.8 Å². The second-order valence-corrected chi connectivity index (χ2v) is 9.34. The quantitative estimate of drug-likeness (QED) is 0.0669. The number of imidazole rings is 2. The molecule has 232 valence electrons. The summed E-state index contributed by atoms with van der Waals surface area (Å²) in [4.78, 5) is 37.0. The van der Waals surface area contributed by atoms with Gasteiger partial charge in [0.1, 0.15) is 49.4 Å². The molecule has 0 spiro atoms. The molecule has 44 heavy (non-hydrogen) atoms. The molecular formula is C31H33I2N5O6. The van der Waals surface area contributed by atoms with Crippen molar-refractivity contribution in [2.24, 2.45) is 0 Å².